The lowest BCUT2D eigenvalue weighted by molar-refractivity contribution is 0.180. The summed E-state index contributed by atoms with van der Waals surface area (Å²) >= 11 is 18.3. The van der Waals surface area contributed by atoms with Crippen LogP contribution in [0.3, 0.4) is 0 Å². The molecule has 0 bridgehead atoms. The standard InChI is InChI=1S/C15H14Cl3NO/c1-9(19)15(11-4-2-3-5-12(11)17)20-14-8-10(16)6-7-13(14)18/h2-9,15H,19H2,1H3. The molecule has 2 unspecified atom stereocenters. The van der Waals surface area contributed by atoms with Crippen LogP contribution < -0.4 is 10.5 Å². The molecule has 2 rings (SSSR count). The van der Waals surface area contributed by atoms with Gasteiger partial charge in [-0.15, -0.1) is 0 Å². The molecular formula is C15H14Cl3NO. The van der Waals surface area contributed by atoms with Crippen LogP contribution in [-0.2, 0) is 0 Å². The summed E-state index contributed by atoms with van der Waals surface area (Å²) in [7, 11) is 0. The Balaban J connectivity index is 2.36. The average Bonchev–Trinajstić information content (AvgIpc) is 2.40. The number of ether oxygens (including phenoxy) is 1. The van der Waals surface area contributed by atoms with Crippen LogP contribution in [0.15, 0.2) is 42.5 Å². The second-order valence-electron chi connectivity index (χ2n) is 4.49. The van der Waals surface area contributed by atoms with Crippen LogP contribution in [0.25, 0.3) is 0 Å². The van der Waals surface area contributed by atoms with Gasteiger partial charge in [0.1, 0.15) is 11.9 Å². The molecule has 0 radical (unpaired) electrons. The van der Waals surface area contributed by atoms with Gasteiger partial charge in [0.2, 0.25) is 0 Å². The molecule has 2 nitrogen and oxygen atoms in total. The van der Waals surface area contributed by atoms with E-state index in [-0.39, 0.29) is 6.04 Å². The van der Waals surface area contributed by atoms with Crippen molar-refractivity contribution in [2.24, 2.45) is 5.73 Å². The summed E-state index contributed by atoms with van der Waals surface area (Å²) in [6.45, 7) is 1.85. The Morgan fingerprint density at radius 3 is 2.35 bits per heavy atom. The highest BCUT2D eigenvalue weighted by Gasteiger charge is 2.21. The Labute approximate surface area is 133 Å². The summed E-state index contributed by atoms with van der Waals surface area (Å²) in [4.78, 5) is 0. The minimum atomic E-state index is -0.403. The topological polar surface area (TPSA) is 35.2 Å². The van der Waals surface area contributed by atoms with Gasteiger partial charge < -0.3 is 10.5 Å². The van der Waals surface area contributed by atoms with Crippen molar-refractivity contribution in [3.63, 3.8) is 0 Å². The van der Waals surface area contributed by atoms with Gasteiger partial charge in [0.15, 0.2) is 0 Å². The van der Waals surface area contributed by atoms with E-state index in [1.807, 2.05) is 25.1 Å². The van der Waals surface area contributed by atoms with Gasteiger partial charge in [0.25, 0.3) is 0 Å². The molecule has 0 amide bonds. The molecule has 2 N–H and O–H groups in total. The van der Waals surface area contributed by atoms with Crippen molar-refractivity contribution in [1.29, 1.82) is 0 Å². The first kappa shape index (κ1) is 15.5. The fraction of sp³-hybridized carbons (Fsp3) is 0.200. The number of halogens is 3. The predicted molar refractivity (Wildman–Crippen MR) is 84.9 cm³/mol. The summed E-state index contributed by atoms with van der Waals surface area (Å²) in [5, 5.41) is 1.63. The second kappa shape index (κ2) is 6.68. The highest BCUT2D eigenvalue weighted by atomic mass is 35.5. The molecule has 2 atom stereocenters. The lowest BCUT2D eigenvalue weighted by atomic mass is 10.0. The van der Waals surface area contributed by atoms with Gasteiger partial charge in [-0.2, -0.15) is 0 Å². The molecule has 0 saturated carbocycles. The first-order chi connectivity index (χ1) is 9.49. The van der Waals surface area contributed by atoms with E-state index in [0.29, 0.717) is 20.8 Å². The molecule has 0 aliphatic rings. The van der Waals surface area contributed by atoms with Crippen LogP contribution in [0.1, 0.15) is 18.6 Å². The lowest BCUT2D eigenvalue weighted by Gasteiger charge is -2.24. The van der Waals surface area contributed by atoms with Crippen molar-refractivity contribution in [1.82, 2.24) is 0 Å². The van der Waals surface area contributed by atoms with E-state index in [1.165, 1.54) is 0 Å². The quantitative estimate of drug-likeness (QED) is 0.845. The minimum Gasteiger partial charge on any atom is -0.482 e. The van der Waals surface area contributed by atoms with Crippen LogP contribution in [0, 0.1) is 0 Å². The SMILES string of the molecule is CC(N)C(Oc1cc(Cl)ccc1Cl)c1ccccc1Cl. The van der Waals surface area contributed by atoms with Gasteiger partial charge in [-0.25, -0.2) is 0 Å². The molecule has 0 spiro atoms. The van der Waals surface area contributed by atoms with Crippen LogP contribution in [0.4, 0.5) is 0 Å². The molecule has 2 aromatic rings. The van der Waals surface area contributed by atoms with Crippen molar-refractivity contribution in [2.45, 2.75) is 19.1 Å². The Morgan fingerprint density at radius 1 is 1.00 bits per heavy atom. The molecule has 0 heterocycles. The Hall–Kier alpha value is -0.930. The maximum Gasteiger partial charge on any atom is 0.140 e. The van der Waals surface area contributed by atoms with Crippen molar-refractivity contribution < 1.29 is 4.74 Å². The van der Waals surface area contributed by atoms with Gasteiger partial charge in [-0.1, -0.05) is 53.0 Å². The highest BCUT2D eigenvalue weighted by Crippen LogP contribution is 2.34. The van der Waals surface area contributed by atoms with Crippen molar-refractivity contribution >= 4 is 34.8 Å². The monoisotopic (exact) mass is 329 g/mol. The fourth-order valence-corrected chi connectivity index (χ4v) is 2.43. The van der Waals surface area contributed by atoms with E-state index in [1.54, 1.807) is 24.3 Å². The average molecular weight is 331 g/mol. The molecule has 106 valence electrons. The largest absolute Gasteiger partial charge is 0.482 e. The summed E-state index contributed by atoms with van der Waals surface area (Å²) in [5.41, 5.74) is 6.83. The molecular weight excluding hydrogens is 317 g/mol. The molecule has 20 heavy (non-hydrogen) atoms. The molecule has 5 heteroatoms. The van der Waals surface area contributed by atoms with Crippen LogP contribution in [0.2, 0.25) is 15.1 Å². The highest BCUT2D eigenvalue weighted by molar-refractivity contribution is 6.34. The van der Waals surface area contributed by atoms with Crippen molar-refractivity contribution in [2.75, 3.05) is 0 Å². The van der Waals surface area contributed by atoms with E-state index >= 15 is 0 Å². The van der Waals surface area contributed by atoms with Crippen LogP contribution >= 0.6 is 34.8 Å². The summed E-state index contributed by atoms with van der Waals surface area (Å²) < 4.78 is 5.93. The maximum absolute atomic E-state index is 6.21. The Morgan fingerprint density at radius 2 is 1.70 bits per heavy atom. The molecule has 0 aliphatic carbocycles. The number of hydrogen-bond acceptors (Lipinski definition) is 2. The van der Waals surface area contributed by atoms with E-state index < -0.39 is 6.10 Å². The molecule has 2 aromatic carbocycles. The van der Waals surface area contributed by atoms with Gasteiger partial charge in [0, 0.05) is 27.7 Å². The fourth-order valence-electron chi connectivity index (χ4n) is 1.86. The van der Waals surface area contributed by atoms with E-state index in [0.717, 1.165) is 5.56 Å². The van der Waals surface area contributed by atoms with Gasteiger partial charge in [0.05, 0.1) is 5.02 Å². The zero-order valence-corrected chi connectivity index (χ0v) is 13.1. The maximum atomic E-state index is 6.21. The van der Waals surface area contributed by atoms with Gasteiger partial charge in [-0.3, -0.25) is 0 Å². The normalized spacial score (nSPS) is 13.8. The molecule has 0 aliphatic heterocycles. The summed E-state index contributed by atoms with van der Waals surface area (Å²) in [6.07, 6.45) is -0.403. The molecule has 0 fully saturated rings. The number of benzene rings is 2. The summed E-state index contributed by atoms with van der Waals surface area (Å²) in [6, 6.07) is 12.2. The third kappa shape index (κ3) is 3.58. The first-order valence-electron chi connectivity index (χ1n) is 6.10. The van der Waals surface area contributed by atoms with Crippen molar-refractivity contribution in [3.8, 4) is 5.75 Å². The van der Waals surface area contributed by atoms with E-state index in [2.05, 4.69) is 0 Å². The van der Waals surface area contributed by atoms with E-state index in [9.17, 15) is 0 Å². The zero-order valence-electron chi connectivity index (χ0n) is 10.8. The van der Waals surface area contributed by atoms with Gasteiger partial charge in [-0.05, 0) is 25.1 Å². The number of nitrogens with two attached hydrogens (primary N) is 1. The molecule has 0 saturated heterocycles. The predicted octanol–water partition coefficient (Wildman–Crippen LogP) is 5.11. The number of rotatable bonds is 4. The Kier molecular flexibility index (Phi) is 5.17. The smallest absolute Gasteiger partial charge is 0.140 e. The molecule has 0 aromatic heterocycles. The van der Waals surface area contributed by atoms with Crippen molar-refractivity contribution in [3.05, 3.63) is 63.1 Å². The third-order valence-electron chi connectivity index (χ3n) is 2.84. The zero-order chi connectivity index (χ0) is 14.7. The number of hydrogen-bond donors (Lipinski definition) is 1. The third-order valence-corrected chi connectivity index (χ3v) is 3.73. The summed E-state index contributed by atoms with van der Waals surface area (Å²) in [5.74, 6) is 0.487. The Bertz CT molecular complexity index is 601. The second-order valence-corrected chi connectivity index (χ2v) is 5.74. The first-order valence-corrected chi connectivity index (χ1v) is 7.24. The minimum absolute atomic E-state index is 0.259. The lowest BCUT2D eigenvalue weighted by Crippen LogP contribution is -2.29. The van der Waals surface area contributed by atoms with Crippen LogP contribution in [0.5, 0.6) is 5.75 Å². The van der Waals surface area contributed by atoms with E-state index in [4.69, 9.17) is 45.3 Å². The van der Waals surface area contributed by atoms with Gasteiger partial charge >= 0.3 is 0 Å². The van der Waals surface area contributed by atoms with Crippen LogP contribution in [-0.4, -0.2) is 6.04 Å².